The number of nitrogens with one attached hydrogen (secondary N) is 1. The molecule has 94 valence electrons. The molecule has 0 fully saturated rings. The molecule has 2 aliphatic rings. The number of aromatic nitrogens is 1. The maximum atomic E-state index is 4.58. The van der Waals surface area contributed by atoms with Gasteiger partial charge in [-0.3, -0.25) is 4.98 Å². The quantitative estimate of drug-likeness (QED) is 0.774. The van der Waals surface area contributed by atoms with Crippen LogP contribution in [-0.4, -0.2) is 4.98 Å². The lowest BCUT2D eigenvalue weighted by molar-refractivity contribution is 0.419. The molecule has 0 saturated heterocycles. The van der Waals surface area contributed by atoms with Gasteiger partial charge in [0.25, 0.3) is 0 Å². The third kappa shape index (κ3) is 1.67. The Bertz CT molecular complexity index is 618. The summed E-state index contributed by atoms with van der Waals surface area (Å²) >= 11 is 0. The van der Waals surface area contributed by atoms with E-state index in [-0.39, 0.29) is 0 Å². The van der Waals surface area contributed by atoms with Crippen molar-refractivity contribution in [3.05, 3.63) is 72.1 Å². The second kappa shape index (κ2) is 4.23. The molecule has 1 aliphatic heterocycles. The smallest absolute Gasteiger partial charge is 0.0707 e. The average Bonchev–Trinajstić information content (AvgIpc) is 2.97. The van der Waals surface area contributed by atoms with E-state index in [1.807, 2.05) is 12.3 Å². The number of allylic oxidation sites excluding steroid dienone is 2. The second-order valence-electron chi connectivity index (χ2n) is 5.32. The molecule has 1 aromatic carbocycles. The van der Waals surface area contributed by atoms with Crippen molar-refractivity contribution in [2.24, 2.45) is 5.92 Å². The monoisotopic (exact) mass is 248 g/mol. The van der Waals surface area contributed by atoms with Crippen LogP contribution in [-0.2, 0) is 0 Å². The van der Waals surface area contributed by atoms with Crippen LogP contribution in [0.1, 0.15) is 29.6 Å². The first-order valence-corrected chi connectivity index (χ1v) is 6.86. The Morgan fingerprint density at radius 3 is 2.84 bits per heavy atom. The molecule has 1 N–H and O–H groups in total. The Hall–Kier alpha value is -2.09. The summed E-state index contributed by atoms with van der Waals surface area (Å²) in [5, 5.41) is 3.68. The molecule has 4 rings (SSSR count). The van der Waals surface area contributed by atoms with Crippen molar-refractivity contribution in [3.8, 4) is 0 Å². The first kappa shape index (κ1) is 10.8. The summed E-state index contributed by atoms with van der Waals surface area (Å²) in [6.45, 7) is 0. The van der Waals surface area contributed by atoms with E-state index in [1.165, 1.54) is 16.9 Å². The van der Waals surface area contributed by atoms with Gasteiger partial charge in [-0.1, -0.05) is 42.5 Å². The number of pyridine rings is 1. The van der Waals surface area contributed by atoms with Crippen molar-refractivity contribution in [2.45, 2.75) is 18.4 Å². The Morgan fingerprint density at radius 1 is 1.05 bits per heavy atom. The minimum absolute atomic E-state index is 0.387. The van der Waals surface area contributed by atoms with E-state index in [4.69, 9.17) is 0 Å². The zero-order valence-electron chi connectivity index (χ0n) is 10.7. The van der Waals surface area contributed by atoms with Crippen molar-refractivity contribution in [2.75, 3.05) is 5.32 Å². The van der Waals surface area contributed by atoms with Gasteiger partial charge < -0.3 is 5.32 Å². The van der Waals surface area contributed by atoms with Crippen LogP contribution in [0.5, 0.6) is 0 Å². The van der Waals surface area contributed by atoms with E-state index in [1.54, 1.807) is 0 Å². The third-order valence-electron chi connectivity index (χ3n) is 4.27. The number of hydrogen-bond acceptors (Lipinski definition) is 2. The van der Waals surface area contributed by atoms with Crippen LogP contribution in [0.4, 0.5) is 5.69 Å². The predicted octanol–water partition coefficient (Wildman–Crippen LogP) is 3.91. The van der Waals surface area contributed by atoms with E-state index in [2.05, 4.69) is 58.9 Å². The maximum Gasteiger partial charge on any atom is 0.0707 e. The zero-order valence-corrected chi connectivity index (χ0v) is 10.7. The van der Waals surface area contributed by atoms with Crippen LogP contribution in [0, 0.1) is 5.92 Å². The van der Waals surface area contributed by atoms with E-state index < -0.39 is 0 Å². The molecule has 0 amide bonds. The Balaban J connectivity index is 1.80. The predicted molar refractivity (Wildman–Crippen MR) is 77.0 cm³/mol. The summed E-state index contributed by atoms with van der Waals surface area (Å²) in [6, 6.07) is 15.3. The van der Waals surface area contributed by atoms with Gasteiger partial charge >= 0.3 is 0 Å². The molecule has 2 aromatic rings. The molecule has 0 saturated carbocycles. The summed E-state index contributed by atoms with van der Waals surface area (Å²) in [5.41, 5.74) is 3.76. The molecule has 2 heterocycles. The number of hydrogen-bond donors (Lipinski definition) is 1. The van der Waals surface area contributed by atoms with Gasteiger partial charge in [-0.2, -0.15) is 0 Å². The first-order valence-electron chi connectivity index (χ1n) is 6.86. The highest BCUT2D eigenvalue weighted by atomic mass is 15.0. The van der Waals surface area contributed by atoms with Gasteiger partial charge in [-0.15, -0.1) is 0 Å². The van der Waals surface area contributed by atoms with Crippen LogP contribution in [0.2, 0.25) is 0 Å². The van der Waals surface area contributed by atoms with Gasteiger partial charge in [0.2, 0.25) is 0 Å². The van der Waals surface area contributed by atoms with Crippen molar-refractivity contribution < 1.29 is 0 Å². The number of fused-ring (bicyclic) bond motifs is 3. The lowest BCUT2D eigenvalue weighted by Gasteiger charge is -2.36. The third-order valence-corrected chi connectivity index (χ3v) is 4.27. The fourth-order valence-electron chi connectivity index (χ4n) is 3.38. The normalized spacial score (nSPS) is 27.5. The van der Waals surface area contributed by atoms with Gasteiger partial charge in [0.05, 0.1) is 17.4 Å². The van der Waals surface area contributed by atoms with Crippen LogP contribution in [0.15, 0.2) is 60.8 Å². The van der Waals surface area contributed by atoms with Gasteiger partial charge in [0.1, 0.15) is 0 Å². The topological polar surface area (TPSA) is 24.9 Å². The lowest BCUT2D eigenvalue weighted by atomic mass is 9.79. The highest BCUT2D eigenvalue weighted by Crippen LogP contribution is 2.48. The molecule has 0 spiro atoms. The molecular formula is C17H16N2. The Labute approximate surface area is 113 Å². The van der Waals surface area contributed by atoms with Gasteiger partial charge in [-0.05, 0) is 30.0 Å². The largest absolute Gasteiger partial charge is 0.376 e. The number of benzene rings is 1. The van der Waals surface area contributed by atoms with Gasteiger partial charge in [-0.25, -0.2) is 0 Å². The molecule has 2 nitrogen and oxygen atoms in total. The van der Waals surface area contributed by atoms with E-state index in [0.717, 1.165) is 6.42 Å². The standard InChI is InChI=1S/C17H16N2/c1-2-6-12(7-3-1)16-13-8-4-9-14(13)17-15(19-16)10-5-11-18-17/h1-7,9-11,13-14,16,19H,8H2/t13-,14+,16-/m1/s1. The zero-order chi connectivity index (χ0) is 12.7. The Morgan fingerprint density at radius 2 is 1.95 bits per heavy atom. The Kier molecular flexibility index (Phi) is 2.41. The number of nitrogens with zero attached hydrogens (tertiary/aromatic N) is 1. The summed E-state index contributed by atoms with van der Waals surface area (Å²) in [5.74, 6) is 1.05. The van der Waals surface area contributed by atoms with E-state index >= 15 is 0 Å². The molecule has 2 heteroatoms. The minimum Gasteiger partial charge on any atom is -0.376 e. The summed E-state index contributed by atoms with van der Waals surface area (Å²) in [7, 11) is 0. The van der Waals surface area contributed by atoms with Crippen LogP contribution < -0.4 is 5.32 Å². The molecule has 0 bridgehead atoms. The van der Waals surface area contributed by atoms with Gasteiger partial charge in [0.15, 0.2) is 0 Å². The SMILES string of the molecule is C1=C[C@@H]2c3ncccc3N[C@H](c3ccccc3)[C@@H]2C1. The molecule has 3 atom stereocenters. The second-order valence-corrected chi connectivity index (χ2v) is 5.32. The number of rotatable bonds is 1. The molecule has 1 aliphatic carbocycles. The van der Waals surface area contributed by atoms with Crippen molar-refractivity contribution in [3.63, 3.8) is 0 Å². The fraction of sp³-hybridized carbons (Fsp3) is 0.235. The summed E-state index contributed by atoms with van der Waals surface area (Å²) < 4.78 is 0. The first-order chi connectivity index (χ1) is 9.43. The van der Waals surface area contributed by atoms with Gasteiger partial charge in [0, 0.05) is 12.1 Å². The maximum absolute atomic E-state index is 4.58. The van der Waals surface area contributed by atoms with E-state index in [9.17, 15) is 0 Å². The summed E-state index contributed by atoms with van der Waals surface area (Å²) in [4.78, 5) is 4.58. The van der Waals surface area contributed by atoms with Crippen molar-refractivity contribution in [1.29, 1.82) is 0 Å². The lowest BCUT2D eigenvalue weighted by Crippen LogP contribution is -2.29. The molecule has 0 unspecified atom stereocenters. The molecule has 1 aromatic heterocycles. The van der Waals surface area contributed by atoms with Crippen LogP contribution in [0.3, 0.4) is 0 Å². The molecule has 0 radical (unpaired) electrons. The average molecular weight is 248 g/mol. The van der Waals surface area contributed by atoms with Crippen LogP contribution >= 0.6 is 0 Å². The number of anilines is 1. The van der Waals surface area contributed by atoms with E-state index in [0.29, 0.717) is 17.9 Å². The summed E-state index contributed by atoms with van der Waals surface area (Å²) in [6.07, 6.45) is 7.66. The minimum atomic E-state index is 0.387. The molecule has 19 heavy (non-hydrogen) atoms. The molecular weight excluding hydrogens is 232 g/mol. The highest BCUT2D eigenvalue weighted by molar-refractivity contribution is 5.56. The van der Waals surface area contributed by atoms with Crippen molar-refractivity contribution >= 4 is 5.69 Å². The fourth-order valence-corrected chi connectivity index (χ4v) is 3.38. The highest BCUT2D eigenvalue weighted by Gasteiger charge is 2.38. The van der Waals surface area contributed by atoms with Crippen LogP contribution in [0.25, 0.3) is 0 Å². The van der Waals surface area contributed by atoms with Crippen molar-refractivity contribution in [1.82, 2.24) is 4.98 Å².